The van der Waals surface area contributed by atoms with Crippen LogP contribution >= 0.6 is 0 Å². The molecule has 7 heteroatoms. The van der Waals surface area contributed by atoms with Gasteiger partial charge in [-0.05, 0) is 54.3 Å². The molecule has 0 saturated heterocycles. The average Bonchev–Trinajstić information content (AvgIpc) is 3.24. The number of fused-ring (bicyclic) bond motifs is 1. The molecule has 2 heterocycles. The molecule has 3 aromatic rings. The van der Waals surface area contributed by atoms with Crippen molar-refractivity contribution in [1.29, 1.82) is 0 Å². The molecule has 0 spiro atoms. The zero-order valence-corrected chi connectivity index (χ0v) is 19.3. The second-order valence-electron chi connectivity index (χ2n) is 8.42. The lowest BCUT2D eigenvalue weighted by atomic mass is 9.98. The number of methoxy groups -OCH3 is 1. The van der Waals surface area contributed by atoms with Crippen LogP contribution in [0.5, 0.6) is 5.75 Å². The van der Waals surface area contributed by atoms with Gasteiger partial charge in [0.1, 0.15) is 5.75 Å². The Labute approximate surface area is 194 Å². The van der Waals surface area contributed by atoms with Crippen molar-refractivity contribution in [3.63, 3.8) is 0 Å². The Morgan fingerprint density at radius 1 is 1.06 bits per heavy atom. The number of benzene rings is 2. The van der Waals surface area contributed by atoms with Crippen LogP contribution in [0.2, 0.25) is 0 Å². The SMILES string of the molecule is COc1ccc(C)cc1NC(=O)C(=O)NCC(c1cccn1C)N1CCc2ccccc2C1. The fourth-order valence-electron chi connectivity index (χ4n) is 4.39. The molecule has 172 valence electrons. The number of aryl methyl sites for hydroxylation is 2. The van der Waals surface area contributed by atoms with E-state index < -0.39 is 11.8 Å². The van der Waals surface area contributed by atoms with Gasteiger partial charge in [-0.2, -0.15) is 0 Å². The molecule has 1 aromatic heterocycles. The van der Waals surface area contributed by atoms with Crippen LogP contribution < -0.4 is 15.4 Å². The maximum Gasteiger partial charge on any atom is 0.313 e. The molecule has 1 unspecified atom stereocenters. The lowest BCUT2D eigenvalue weighted by molar-refractivity contribution is -0.136. The standard InChI is InChI=1S/C26H30N4O3/c1-18-10-11-24(33-3)21(15-18)28-26(32)25(31)27-16-23(22-9-6-13-29(22)2)30-14-12-19-7-4-5-8-20(19)17-30/h4-11,13,15,23H,12,14,16-17H2,1-3H3,(H,27,31)(H,28,32). The summed E-state index contributed by atoms with van der Waals surface area (Å²) < 4.78 is 7.36. The number of carbonyl (C=O) groups is 2. The summed E-state index contributed by atoms with van der Waals surface area (Å²) in [7, 11) is 3.53. The molecule has 0 aliphatic carbocycles. The summed E-state index contributed by atoms with van der Waals surface area (Å²) in [5, 5.41) is 5.51. The molecule has 7 nitrogen and oxygen atoms in total. The third kappa shape index (κ3) is 5.09. The molecule has 0 bridgehead atoms. The minimum absolute atomic E-state index is 0.0522. The topological polar surface area (TPSA) is 75.6 Å². The number of nitrogens with zero attached hydrogens (tertiary/aromatic N) is 2. The van der Waals surface area contributed by atoms with Crippen molar-refractivity contribution in [3.8, 4) is 5.75 Å². The average molecular weight is 447 g/mol. The van der Waals surface area contributed by atoms with Crippen LogP contribution in [0.4, 0.5) is 5.69 Å². The summed E-state index contributed by atoms with van der Waals surface area (Å²) >= 11 is 0. The smallest absolute Gasteiger partial charge is 0.313 e. The van der Waals surface area contributed by atoms with Crippen molar-refractivity contribution < 1.29 is 14.3 Å². The van der Waals surface area contributed by atoms with Gasteiger partial charge in [0, 0.05) is 38.6 Å². The number of anilines is 1. The maximum atomic E-state index is 12.7. The zero-order valence-electron chi connectivity index (χ0n) is 19.3. The molecule has 1 aliphatic rings. The van der Waals surface area contributed by atoms with Crippen LogP contribution in [0.1, 0.15) is 28.4 Å². The summed E-state index contributed by atoms with van der Waals surface area (Å²) in [5.74, 6) is -0.876. The van der Waals surface area contributed by atoms with Crippen molar-refractivity contribution in [2.45, 2.75) is 25.9 Å². The van der Waals surface area contributed by atoms with Crippen LogP contribution in [0, 0.1) is 6.92 Å². The largest absolute Gasteiger partial charge is 0.495 e. The van der Waals surface area contributed by atoms with Gasteiger partial charge in [0.15, 0.2) is 0 Å². The maximum absolute atomic E-state index is 12.7. The van der Waals surface area contributed by atoms with Crippen LogP contribution in [0.15, 0.2) is 60.8 Å². The molecule has 0 saturated carbocycles. The van der Waals surface area contributed by atoms with Crippen molar-refractivity contribution in [3.05, 3.63) is 83.2 Å². The van der Waals surface area contributed by atoms with Gasteiger partial charge in [-0.25, -0.2) is 0 Å². The van der Waals surface area contributed by atoms with E-state index >= 15 is 0 Å². The van der Waals surface area contributed by atoms with Crippen LogP contribution in [-0.2, 0) is 29.6 Å². The normalized spacial score (nSPS) is 14.3. The van der Waals surface area contributed by atoms with Gasteiger partial charge in [0.25, 0.3) is 0 Å². The number of ether oxygens (including phenoxy) is 1. The zero-order chi connectivity index (χ0) is 23.4. The van der Waals surface area contributed by atoms with Crippen molar-refractivity contribution in [2.24, 2.45) is 7.05 Å². The summed E-state index contributed by atoms with van der Waals surface area (Å²) in [6.07, 6.45) is 2.96. The Bertz CT molecular complexity index is 1150. The van der Waals surface area contributed by atoms with Gasteiger partial charge in [-0.15, -0.1) is 0 Å². The minimum atomic E-state index is -0.714. The highest BCUT2D eigenvalue weighted by Crippen LogP contribution is 2.28. The molecular formula is C26H30N4O3. The predicted octanol–water partition coefficient (Wildman–Crippen LogP) is 3.20. The van der Waals surface area contributed by atoms with E-state index in [1.807, 2.05) is 32.3 Å². The molecule has 33 heavy (non-hydrogen) atoms. The quantitative estimate of drug-likeness (QED) is 0.571. The van der Waals surface area contributed by atoms with Gasteiger partial charge >= 0.3 is 11.8 Å². The van der Waals surface area contributed by atoms with Crippen LogP contribution in [0.25, 0.3) is 0 Å². The van der Waals surface area contributed by atoms with E-state index in [9.17, 15) is 9.59 Å². The predicted molar refractivity (Wildman–Crippen MR) is 128 cm³/mol. The van der Waals surface area contributed by atoms with Crippen LogP contribution in [0.3, 0.4) is 0 Å². The Morgan fingerprint density at radius 2 is 1.85 bits per heavy atom. The molecule has 4 rings (SSSR count). The number of rotatable bonds is 6. The molecule has 2 N–H and O–H groups in total. The lowest BCUT2D eigenvalue weighted by Crippen LogP contribution is -2.44. The minimum Gasteiger partial charge on any atom is -0.495 e. The van der Waals surface area contributed by atoms with E-state index in [1.54, 1.807) is 12.1 Å². The van der Waals surface area contributed by atoms with E-state index in [-0.39, 0.29) is 6.04 Å². The number of aromatic nitrogens is 1. The summed E-state index contributed by atoms with van der Waals surface area (Å²) in [5.41, 5.74) is 5.20. The van der Waals surface area contributed by atoms with E-state index in [0.717, 1.165) is 30.8 Å². The number of hydrogen-bond donors (Lipinski definition) is 2. The fraction of sp³-hybridized carbons (Fsp3) is 0.308. The number of carbonyl (C=O) groups excluding carboxylic acids is 2. The Kier molecular flexibility index (Phi) is 6.79. The first kappa shape index (κ1) is 22.6. The molecule has 2 amide bonds. The Morgan fingerprint density at radius 3 is 2.58 bits per heavy atom. The molecular weight excluding hydrogens is 416 g/mol. The summed E-state index contributed by atoms with van der Waals surface area (Å²) in [6, 6.07) is 17.9. The molecule has 2 aromatic carbocycles. The highest BCUT2D eigenvalue weighted by Gasteiger charge is 2.27. The summed E-state index contributed by atoms with van der Waals surface area (Å²) in [6.45, 7) is 3.93. The first-order valence-electron chi connectivity index (χ1n) is 11.1. The highest BCUT2D eigenvalue weighted by atomic mass is 16.5. The first-order chi connectivity index (χ1) is 16.0. The van der Waals surface area contributed by atoms with Gasteiger partial charge < -0.3 is 19.9 Å². The van der Waals surface area contributed by atoms with E-state index in [1.165, 1.54) is 18.2 Å². The Hall–Kier alpha value is -3.58. The monoisotopic (exact) mass is 446 g/mol. The van der Waals surface area contributed by atoms with Gasteiger partial charge in [-0.1, -0.05) is 30.3 Å². The second-order valence-corrected chi connectivity index (χ2v) is 8.42. The molecule has 0 fully saturated rings. The fourth-order valence-corrected chi connectivity index (χ4v) is 4.39. The van der Waals surface area contributed by atoms with E-state index in [2.05, 4.69) is 50.4 Å². The number of hydrogen-bond acceptors (Lipinski definition) is 4. The van der Waals surface area contributed by atoms with Gasteiger partial charge in [0.2, 0.25) is 0 Å². The molecule has 1 atom stereocenters. The molecule has 1 aliphatic heterocycles. The van der Waals surface area contributed by atoms with Crippen molar-refractivity contribution in [1.82, 2.24) is 14.8 Å². The molecule has 0 radical (unpaired) electrons. The highest BCUT2D eigenvalue weighted by molar-refractivity contribution is 6.39. The summed E-state index contributed by atoms with van der Waals surface area (Å²) in [4.78, 5) is 27.6. The second kappa shape index (κ2) is 9.92. The Balaban J connectivity index is 1.46. The van der Waals surface area contributed by atoms with Gasteiger partial charge in [-0.3, -0.25) is 14.5 Å². The third-order valence-corrected chi connectivity index (χ3v) is 6.19. The van der Waals surface area contributed by atoms with E-state index in [4.69, 9.17) is 4.74 Å². The number of nitrogens with one attached hydrogen (secondary N) is 2. The number of amides is 2. The van der Waals surface area contributed by atoms with Crippen LogP contribution in [-0.4, -0.2) is 41.5 Å². The van der Waals surface area contributed by atoms with Crippen molar-refractivity contribution in [2.75, 3.05) is 25.5 Å². The first-order valence-corrected chi connectivity index (χ1v) is 11.1. The van der Waals surface area contributed by atoms with Gasteiger partial charge in [0.05, 0.1) is 18.8 Å². The lowest BCUT2D eigenvalue weighted by Gasteiger charge is -2.36. The van der Waals surface area contributed by atoms with Crippen molar-refractivity contribution >= 4 is 17.5 Å². The van der Waals surface area contributed by atoms with E-state index in [0.29, 0.717) is 18.0 Å². The third-order valence-electron chi connectivity index (χ3n) is 6.19.